The Morgan fingerprint density at radius 3 is 2.30 bits per heavy atom. The summed E-state index contributed by atoms with van der Waals surface area (Å²) in [6, 6.07) is 6.90. The molecule has 30 heavy (non-hydrogen) atoms. The van der Waals surface area contributed by atoms with Crippen LogP contribution in [-0.4, -0.2) is 63.4 Å². The maximum atomic E-state index is 12.9. The summed E-state index contributed by atoms with van der Waals surface area (Å²) < 4.78 is 27.9. The Bertz CT molecular complexity index is 765. The van der Waals surface area contributed by atoms with Gasteiger partial charge in [0.25, 0.3) is 0 Å². The predicted molar refractivity (Wildman–Crippen MR) is 122 cm³/mol. The first kappa shape index (κ1) is 24.8. The van der Waals surface area contributed by atoms with Gasteiger partial charge in [-0.1, -0.05) is 45.4 Å². The van der Waals surface area contributed by atoms with Crippen LogP contribution in [0.3, 0.4) is 0 Å². The lowest BCUT2D eigenvalue weighted by Crippen LogP contribution is -2.47. The van der Waals surface area contributed by atoms with Crippen LogP contribution in [0.15, 0.2) is 29.2 Å². The first-order valence-corrected chi connectivity index (χ1v) is 12.6. The van der Waals surface area contributed by atoms with Crippen LogP contribution in [0, 0.1) is 24.7 Å². The zero-order chi connectivity index (χ0) is 22.3. The van der Waals surface area contributed by atoms with E-state index in [1.54, 1.807) is 12.1 Å². The summed E-state index contributed by atoms with van der Waals surface area (Å²) in [5.74, 6) is 1.28. The second kappa shape index (κ2) is 11.3. The number of amides is 1. The molecular formula is C23H39N3O3S. The molecule has 1 atom stereocenters. The molecule has 1 aliphatic heterocycles. The standard InChI is InChI=1S/C23H39N3O3S/c1-18(2)14-26(15-19(3)4)23(27)17-25-12-6-7-21(16-25)13-24-30(28,29)22-10-8-20(5)9-11-22/h8-11,18-19,21,24H,6-7,12-17H2,1-5H3. The minimum Gasteiger partial charge on any atom is -0.341 e. The van der Waals surface area contributed by atoms with Crippen LogP contribution in [0.4, 0.5) is 0 Å². The Labute approximate surface area is 183 Å². The Balaban J connectivity index is 1.89. The number of piperidine rings is 1. The molecule has 1 saturated heterocycles. The van der Waals surface area contributed by atoms with Crippen LogP contribution in [-0.2, 0) is 14.8 Å². The molecule has 0 spiro atoms. The van der Waals surface area contributed by atoms with Crippen LogP contribution < -0.4 is 4.72 Å². The van der Waals surface area contributed by atoms with Crippen LogP contribution in [0.5, 0.6) is 0 Å². The number of nitrogens with one attached hydrogen (secondary N) is 1. The Morgan fingerprint density at radius 2 is 1.73 bits per heavy atom. The Hall–Kier alpha value is -1.44. The Morgan fingerprint density at radius 1 is 1.13 bits per heavy atom. The third-order valence-electron chi connectivity index (χ3n) is 5.38. The van der Waals surface area contributed by atoms with E-state index in [1.165, 1.54) is 0 Å². The fourth-order valence-electron chi connectivity index (χ4n) is 3.94. The molecular weight excluding hydrogens is 398 g/mol. The fraction of sp³-hybridized carbons (Fsp3) is 0.696. The molecule has 0 radical (unpaired) electrons. The van der Waals surface area contributed by atoms with Crippen LogP contribution in [0.25, 0.3) is 0 Å². The van der Waals surface area contributed by atoms with Crippen molar-refractivity contribution in [3.8, 4) is 0 Å². The highest BCUT2D eigenvalue weighted by Gasteiger charge is 2.25. The predicted octanol–water partition coefficient (Wildman–Crippen LogP) is 3.13. The summed E-state index contributed by atoms with van der Waals surface area (Å²) in [7, 11) is -3.50. The number of rotatable bonds is 10. The molecule has 2 rings (SSSR count). The molecule has 1 aromatic carbocycles. The van der Waals surface area contributed by atoms with Crippen molar-refractivity contribution in [2.45, 2.75) is 52.4 Å². The van der Waals surface area contributed by atoms with Crippen molar-refractivity contribution < 1.29 is 13.2 Å². The first-order chi connectivity index (χ1) is 14.1. The molecule has 1 heterocycles. The lowest BCUT2D eigenvalue weighted by Gasteiger charge is -2.34. The van der Waals surface area contributed by atoms with E-state index in [2.05, 4.69) is 37.3 Å². The fourth-order valence-corrected chi connectivity index (χ4v) is 5.06. The monoisotopic (exact) mass is 437 g/mol. The zero-order valence-electron chi connectivity index (χ0n) is 19.2. The van der Waals surface area contributed by atoms with Crippen molar-refractivity contribution in [3.05, 3.63) is 29.8 Å². The largest absolute Gasteiger partial charge is 0.341 e. The van der Waals surface area contributed by atoms with Gasteiger partial charge in [-0.2, -0.15) is 0 Å². The van der Waals surface area contributed by atoms with E-state index in [0.717, 1.165) is 44.6 Å². The molecule has 7 heteroatoms. The number of carbonyl (C=O) groups excluding carboxylic acids is 1. The van der Waals surface area contributed by atoms with Crippen LogP contribution in [0.1, 0.15) is 46.1 Å². The highest BCUT2D eigenvalue weighted by Crippen LogP contribution is 2.18. The summed E-state index contributed by atoms with van der Waals surface area (Å²) in [5.41, 5.74) is 1.03. The van der Waals surface area contributed by atoms with E-state index in [1.807, 2.05) is 24.0 Å². The summed E-state index contributed by atoms with van der Waals surface area (Å²) in [6.45, 7) is 14.5. The number of aryl methyl sites for hydroxylation is 1. The van der Waals surface area contributed by atoms with E-state index in [-0.39, 0.29) is 11.8 Å². The van der Waals surface area contributed by atoms with Crippen molar-refractivity contribution in [2.75, 3.05) is 39.3 Å². The third kappa shape index (κ3) is 8.00. The van der Waals surface area contributed by atoms with E-state index < -0.39 is 10.0 Å². The van der Waals surface area contributed by atoms with Crippen molar-refractivity contribution in [1.29, 1.82) is 0 Å². The second-order valence-electron chi connectivity index (χ2n) is 9.49. The number of likely N-dealkylation sites (tertiary alicyclic amines) is 1. The van der Waals surface area contributed by atoms with Gasteiger partial charge in [-0.15, -0.1) is 0 Å². The van der Waals surface area contributed by atoms with Gasteiger partial charge >= 0.3 is 0 Å². The number of sulfonamides is 1. The Kier molecular flexibility index (Phi) is 9.31. The zero-order valence-corrected chi connectivity index (χ0v) is 20.0. The summed E-state index contributed by atoms with van der Waals surface area (Å²) in [5, 5.41) is 0. The smallest absolute Gasteiger partial charge is 0.240 e. The van der Waals surface area contributed by atoms with Gasteiger partial charge in [-0.25, -0.2) is 13.1 Å². The molecule has 0 saturated carbocycles. The van der Waals surface area contributed by atoms with Crippen molar-refractivity contribution >= 4 is 15.9 Å². The number of hydrogen-bond donors (Lipinski definition) is 1. The molecule has 6 nitrogen and oxygen atoms in total. The molecule has 0 bridgehead atoms. The number of nitrogens with zero attached hydrogens (tertiary/aromatic N) is 2. The van der Waals surface area contributed by atoms with Crippen molar-refractivity contribution in [3.63, 3.8) is 0 Å². The van der Waals surface area contributed by atoms with Crippen molar-refractivity contribution in [2.24, 2.45) is 17.8 Å². The lowest BCUT2D eigenvalue weighted by molar-refractivity contribution is -0.134. The van der Waals surface area contributed by atoms with Gasteiger partial charge in [0.2, 0.25) is 15.9 Å². The lowest BCUT2D eigenvalue weighted by atomic mass is 9.98. The molecule has 1 aromatic rings. The number of hydrogen-bond acceptors (Lipinski definition) is 4. The van der Waals surface area contributed by atoms with Gasteiger partial charge < -0.3 is 4.90 Å². The minimum absolute atomic E-state index is 0.179. The van der Waals surface area contributed by atoms with Gasteiger partial charge in [-0.3, -0.25) is 9.69 Å². The average Bonchev–Trinajstić information content (AvgIpc) is 2.66. The van der Waals surface area contributed by atoms with Gasteiger partial charge in [0, 0.05) is 26.2 Å². The SMILES string of the molecule is Cc1ccc(S(=O)(=O)NCC2CCCN(CC(=O)N(CC(C)C)CC(C)C)C2)cc1. The molecule has 1 fully saturated rings. The van der Waals surface area contributed by atoms with E-state index in [4.69, 9.17) is 0 Å². The number of carbonyl (C=O) groups is 1. The maximum Gasteiger partial charge on any atom is 0.240 e. The van der Waals surface area contributed by atoms with Crippen molar-refractivity contribution in [1.82, 2.24) is 14.5 Å². The third-order valence-corrected chi connectivity index (χ3v) is 6.82. The summed E-state index contributed by atoms with van der Waals surface area (Å²) in [4.78, 5) is 17.4. The summed E-state index contributed by atoms with van der Waals surface area (Å²) >= 11 is 0. The van der Waals surface area contributed by atoms with E-state index in [0.29, 0.717) is 29.8 Å². The average molecular weight is 438 g/mol. The molecule has 1 N–H and O–H groups in total. The maximum absolute atomic E-state index is 12.9. The van der Waals surface area contributed by atoms with Gasteiger partial charge in [-0.05, 0) is 56.2 Å². The quantitative estimate of drug-likeness (QED) is 0.611. The topological polar surface area (TPSA) is 69.7 Å². The van der Waals surface area contributed by atoms with Crippen LogP contribution >= 0.6 is 0 Å². The van der Waals surface area contributed by atoms with Gasteiger partial charge in [0.05, 0.1) is 11.4 Å². The molecule has 0 aliphatic carbocycles. The summed E-state index contributed by atoms with van der Waals surface area (Å²) in [6.07, 6.45) is 1.96. The second-order valence-corrected chi connectivity index (χ2v) is 11.3. The minimum atomic E-state index is -3.50. The molecule has 1 unspecified atom stereocenters. The van der Waals surface area contributed by atoms with E-state index in [9.17, 15) is 13.2 Å². The highest BCUT2D eigenvalue weighted by molar-refractivity contribution is 7.89. The van der Waals surface area contributed by atoms with Gasteiger partial charge in [0.15, 0.2) is 0 Å². The van der Waals surface area contributed by atoms with E-state index >= 15 is 0 Å². The molecule has 1 amide bonds. The van der Waals surface area contributed by atoms with Crippen LogP contribution in [0.2, 0.25) is 0 Å². The highest BCUT2D eigenvalue weighted by atomic mass is 32.2. The molecule has 0 aromatic heterocycles. The first-order valence-electron chi connectivity index (χ1n) is 11.1. The normalized spacial score (nSPS) is 18.2. The van der Waals surface area contributed by atoms with Gasteiger partial charge in [0.1, 0.15) is 0 Å². The molecule has 170 valence electrons. The molecule has 1 aliphatic rings. The number of benzene rings is 1.